The summed E-state index contributed by atoms with van der Waals surface area (Å²) in [7, 11) is 0. The van der Waals surface area contributed by atoms with E-state index in [1.165, 1.54) is 25.3 Å². The lowest BCUT2D eigenvalue weighted by Gasteiger charge is -2.33. The molecule has 1 fully saturated rings. The number of primary amides is 1. The molecule has 28 heavy (non-hydrogen) atoms. The van der Waals surface area contributed by atoms with Crippen LogP contribution in [0.15, 0.2) is 29.2 Å². The van der Waals surface area contributed by atoms with Crippen LogP contribution in [0, 0.1) is 5.92 Å². The highest BCUT2D eigenvalue weighted by Crippen LogP contribution is 2.22. The number of nitrogens with one attached hydrogen (secondary N) is 1. The van der Waals surface area contributed by atoms with Gasteiger partial charge in [-0.3, -0.25) is 14.4 Å². The monoisotopic (exact) mass is 405 g/mol. The number of carbonyl (C=O) groups is 3. The lowest BCUT2D eigenvalue weighted by atomic mass is 9.97. The van der Waals surface area contributed by atoms with Crippen molar-refractivity contribution in [2.75, 3.05) is 18.8 Å². The van der Waals surface area contributed by atoms with E-state index in [2.05, 4.69) is 36.5 Å². The van der Waals surface area contributed by atoms with Gasteiger partial charge in [0.1, 0.15) is 6.04 Å². The van der Waals surface area contributed by atoms with Crippen molar-refractivity contribution in [3.63, 3.8) is 0 Å². The summed E-state index contributed by atoms with van der Waals surface area (Å²) in [6.45, 7) is 4.52. The van der Waals surface area contributed by atoms with Gasteiger partial charge in [0.2, 0.25) is 17.7 Å². The minimum Gasteiger partial charge on any atom is -0.369 e. The first-order chi connectivity index (χ1) is 13.4. The fourth-order valence-corrected chi connectivity index (χ4v) is 4.28. The van der Waals surface area contributed by atoms with Crippen LogP contribution >= 0.6 is 11.8 Å². The number of hydrogen-bond donors (Lipinski definition) is 2. The Morgan fingerprint density at radius 2 is 2.00 bits per heavy atom. The maximum absolute atomic E-state index is 12.9. The molecule has 3 N–H and O–H groups in total. The minimum absolute atomic E-state index is 0.145. The minimum atomic E-state index is -0.617. The number of nitrogens with zero attached hydrogens (tertiary/aromatic N) is 1. The molecule has 1 aliphatic heterocycles. The zero-order valence-corrected chi connectivity index (χ0v) is 17.6. The number of likely N-dealkylation sites (tertiary alicyclic amines) is 1. The molecule has 0 bridgehead atoms. The molecule has 3 amide bonds. The number of nitrogens with two attached hydrogens (primary N) is 1. The molecule has 2 atom stereocenters. The molecule has 7 heteroatoms. The highest BCUT2D eigenvalue weighted by molar-refractivity contribution is 7.99. The van der Waals surface area contributed by atoms with Crippen LogP contribution in [-0.4, -0.2) is 47.5 Å². The van der Waals surface area contributed by atoms with Crippen LogP contribution in [0.2, 0.25) is 0 Å². The number of rotatable bonds is 9. The van der Waals surface area contributed by atoms with Crippen molar-refractivity contribution in [2.45, 2.75) is 56.9 Å². The third kappa shape index (κ3) is 6.86. The summed E-state index contributed by atoms with van der Waals surface area (Å²) in [5.41, 5.74) is 6.72. The molecule has 2 unspecified atom stereocenters. The fraction of sp³-hybridized carbons (Fsp3) is 0.571. The Bertz CT molecular complexity index is 678. The molecular formula is C21H31N3O3S. The first kappa shape index (κ1) is 22.3. The van der Waals surface area contributed by atoms with E-state index < -0.39 is 6.04 Å². The van der Waals surface area contributed by atoms with E-state index in [0.717, 1.165) is 17.7 Å². The van der Waals surface area contributed by atoms with Crippen molar-refractivity contribution in [3.8, 4) is 0 Å². The Hall–Kier alpha value is -2.02. The van der Waals surface area contributed by atoms with Crippen LogP contribution in [0.5, 0.6) is 0 Å². The Labute approximate surface area is 171 Å². The van der Waals surface area contributed by atoms with Crippen LogP contribution in [0.4, 0.5) is 0 Å². The second-order valence-corrected chi connectivity index (χ2v) is 8.43. The number of aryl methyl sites for hydroxylation is 1. The second-order valence-electron chi connectivity index (χ2n) is 7.34. The van der Waals surface area contributed by atoms with Crippen molar-refractivity contribution in [1.82, 2.24) is 10.2 Å². The first-order valence-electron chi connectivity index (χ1n) is 9.97. The molecule has 0 spiro atoms. The lowest BCUT2D eigenvalue weighted by Crippen LogP contribution is -2.53. The van der Waals surface area contributed by atoms with Crippen LogP contribution in [-0.2, 0) is 20.8 Å². The third-order valence-corrected chi connectivity index (χ3v) is 6.08. The Kier molecular flexibility index (Phi) is 8.83. The SMILES string of the molecule is CCCCc1ccc(SCC(NC(C)=O)C(=O)N2CCCC(C(N)=O)C2)cc1. The predicted octanol–water partition coefficient (Wildman–Crippen LogP) is 2.35. The number of unbranched alkanes of at least 4 members (excludes halogenated alkanes) is 1. The number of piperidine rings is 1. The topological polar surface area (TPSA) is 92.5 Å². The highest BCUT2D eigenvalue weighted by Gasteiger charge is 2.31. The normalized spacial score (nSPS) is 17.8. The molecule has 1 aromatic rings. The van der Waals surface area contributed by atoms with E-state index in [1.54, 1.807) is 16.7 Å². The van der Waals surface area contributed by atoms with Gasteiger partial charge in [-0.05, 0) is 43.4 Å². The van der Waals surface area contributed by atoms with Crippen LogP contribution in [0.3, 0.4) is 0 Å². The quantitative estimate of drug-likeness (QED) is 0.617. The summed E-state index contributed by atoms with van der Waals surface area (Å²) in [4.78, 5) is 38.8. The van der Waals surface area contributed by atoms with Gasteiger partial charge in [0.15, 0.2) is 0 Å². The van der Waals surface area contributed by atoms with Crippen molar-refractivity contribution in [1.29, 1.82) is 0 Å². The molecule has 2 rings (SSSR count). The van der Waals surface area contributed by atoms with E-state index >= 15 is 0 Å². The van der Waals surface area contributed by atoms with Gasteiger partial charge in [0.05, 0.1) is 5.92 Å². The molecule has 0 saturated carbocycles. The summed E-state index contributed by atoms with van der Waals surface area (Å²) in [6.07, 6.45) is 4.88. The van der Waals surface area contributed by atoms with E-state index in [9.17, 15) is 14.4 Å². The van der Waals surface area contributed by atoms with Gasteiger partial charge in [-0.1, -0.05) is 25.5 Å². The standard InChI is InChI=1S/C21H31N3O3S/c1-3-4-6-16-8-10-18(11-9-16)28-14-19(23-15(2)25)21(27)24-12-5-7-17(13-24)20(22)26/h8-11,17,19H,3-7,12-14H2,1-2H3,(H2,22,26)(H,23,25). The number of carbonyl (C=O) groups excluding carboxylic acids is 3. The molecule has 6 nitrogen and oxygen atoms in total. The summed E-state index contributed by atoms with van der Waals surface area (Å²) in [5.74, 6) is -0.611. The smallest absolute Gasteiger partial charge is 0.246 e. The molecule has 1 aromatic carbocycles. The number of benzene rings is 1. The zero-order chi connectivity index (χ0) is 20.5. The Morgan fingerprint density at radius 3 is 2.61 bits per heavy atom. The summed E-state index contributed by atoms with van der Waals surface area (Å²) in [6, 6.07) is 7.75. The number of amides is 3. The third-order valence-electron chi connectivity index (χ3n) is 4.97. The zero-order valence-electron chi connectivity index (χ0n) is 16.8. The van der Waals surface area contributed by atoms with E-state index in [4.69, 9.17) is 5.73 Å². The van der Waals surface area contributed by atoms with Crippen LogP contribution in [0.25, 0.3) is 0 Å². The van der Waals surface area contributed by atoms with Gasteiger partial charge >= 0.3 is 0 Å². The van der Waals surface area contributed by atoms with Crippen molar-refractivity contribution in [2.24, 2.45) is 11.7 Å². The summed E-state index contributed by atoms with van der Waals surface area (Å²) >= 11 is 1.55. The predicted molar refractivity (Wildman–Crippen MR) is 112 cm³/mol. The summed E-state index contributed by atoms with van der Waals surface area (Å²) < 4.78 is 0. The highest BCUT2D eigenvalue weighted by atomic mass is 32.2. The van der Waals surface area contributed by atoms with Crippen LogP contribution in [0.1, 0.15) is 45.1 Å². The summed E-state index contributed by atoms with van der Waals surface area (Å²) in [5, 5.41) is 2.76. The largest absolute Gasteiger partial charge is 0.369 e. The van der Waals surface area contributed by atoms with Crippen molar-refractivity contribution in [3.05, 3.63) is 29.8 Å². The second kappa shape index (κ2) is 11.1. The fourth-order valence-electron chi connectivity index (χ4n) is 3.36. The van der Waals surface area contributed by atoms with Gasteiger partial charge in [-0.15, -0.1) is 11.8 Å². The van der Waals surface area contributed by atoms with Gasteiger partial charge < -0.3 is 16.0 Å². The average Bonchev–Trinajstić information content (AvgIpc) is 2.69. The van der Waals surface area contributed by atoms with E-state index in [1.807, 2.05) is 0 Å². The molecule has 1 aliphatic rings. The number of hydrogen-bond acceptors (Lipinski definition) is 4. The average molecular weight is 406 g/mol. The molecule has 0 aliphatic carbocycles. The van der Waals surface area contributed by atoms with E-state index in [0.29, 0.717) is 25.3 Å². The van der Waals surface area contributed by atoms with Crippen molar-refractivity contribution < 1.29 is 14.4 Å². The molecule has 0 aromatic heterocycles. The molecule has 154 valence electrons. The van der Waals surface area contributed by atoms with Crippen molar-refractivity contribution >= 4 is 29.5 Å². The maximum Gasteiger partial charge on any atom is 0.246 e. The van der Waals surface area contributed by atoms with Gasteiger partial charge in [0, 0.05) is 30.7 Å². The lowest BCUT2D eigenvalue weighted by molar-refractivity contribution is -0.138. The molecule has 1 heterocycles. The van der Waals surface area contributed by atoms with Gasteiger partial charge in [-0.25, -0.2) is 0 Å². The first-order valence-corrected chi connectivity index (χ1v) is 11.0. The molecular weight excluding hydrogens is 374 g/mol. The van der Waals surface area contributed by atoms with Gasteiger partial charge in [0.25, 0.3) is 0 Å². The van der Waals surface area contributed by atoms with Gasteiger partial charge in [-0.2, -0.15) is 0 Å². The Morgan fingerprint density at radius 1 is 1.29 bits per heavy atom. The van der Waals surface area contributed by atoms with E-state index in [-0.39, 0.29) is 23.6 Å². The Balaban J connectivity index is 1.97. The number of thioether (sulfide) groups is 1. The maximum atomic E-state index is 12.9. The van der Waals surface area contributed by atoms with Crippen LogP contribution < -0.4 is 11.1 Å². The molecule has 0 radical (unpaired) electrons. The molecule has 1 saturated heterocycles.